The lowest BCUT2D eigenvalue weighted by molar-refractivity contribution is 0.628. The van der Waals surface area contributed by atoms with Crippen LogP contribution in [0.4, 0.5) is 4.39 Å². The second kappa shape index (κ2) is 5.00. The van der Waals surface area contributed by atoms with Crippen LogP contribution in [-0.4, -0.2) is 9.97 Å². The van der Waals surface area contributed by atoms with Crippen molar-refractivity contribution >= 4 is 33.8 Å². The van der Waals surface area contributed by atoms with Gasteiger partial charge in [-0.15, -0.1) is 11.3 Å². The SMILES string of the molecule is Fc1ccc(-c2nc3sc4c(c3c(=S)[nH]2)CCCC4)cc1. The predicted molar refractivity (Wildman–Crippen MR) is 86.8 cm³/mol. The number of thiophene rings is 1. The molecule has 1 aromatic carbocycles. The molecule has 0 bridgehead atoms. The fourth-order valence-corrected chi connectivity index (χ4v) is 4.56. The van der Waals surface area contributed by atoms with Crippen molar-refractivity contribution < 1.29 is 4.39 Å². The monoisotopic (exact) mass is 316 g/mol. The van der Waals surface area contributed by atoms with E-state index in [1.54, 1.807) is 23.5 Å². The predicted octanol–water partition coefficient (Wildman–Crippen LogP) is 5.04. The number of fused-ring (bicyclic) bond motifs is 3. The molecule has 106 valence electrons. The molecule has 0 aliphatic heterocycles. The third-order valence-corrected chi connectivity index (χ3v) is 5.43. The fraction of sp³-hybridized carbons (Fsp3) is 0.250. The summed E-state index contributed by atoms with van der Waals surface area (Å²) in [7, 11) is 0. The number of aryl methyl sites for hydroxylation is 2. The van der Waals surface area contributed by atoms with Crippen molar-refractivity contribution in [3.8, 4) is 11.4 Å². The zero-order valence-corrected chi connectivity index (χ0v) is 12.9. The average molecular weight is 316 g/mol. The molecule has 0 atom stereocenters. The second-order valence-electron chi connectivity index (χ2n) is 5.31. The summed E-state index contributed by atoms with van der Waals surface area (Å²) in [4.78, 5) is 10.4. The molecular weight excluding hydrogens is 303 g/mol. The van der Waals surface area contributed by atoms with E-state index in [9.17, 15) is 4.39 Å². The Morgan fingerprint density at radius 3 is 2.71 bits per heavy atom. The Bertz CT molecular complexity index is 878. The van der Waals surface area contributed by atoms with Gasteiger partial charge in [0, 0.05) is 15.8 Å². The van der Waals surface area contributed by atoms with Gasteiger partial charge in [0.15, 0.2) is 0 Å². The lowest BCUT2D eigenvalue weighted by atomic mass is 9.97. The van der Waals surface area contributed by atoms with Crippen molar-refractivity contribution in [1.29, 1.82) is 0 Å². The molecule has 0 amide bonds. The minimum atomic E-state index is -0.245. The van der Waals surface area contributed by atoms with E-state index in [-0.39, 0.29) is 5.82 Å². The van der Waals surface area contributed by atoms with E-state index >= 15 is 0 Å². The number of halogens is 1. The van der Waals surface area contributed by atoms with E-state index < -0.39 is 0 Å². The molecule has 4 rings (SSSR count). The highest BCUT2D eigenvalue weighted by Gasteiger charge is 2.18. The van der Waals surface area contributed by atoms with Gasteiger partial charge in [-0.1, -0.05) is 12.2 Å². The van der Waals surface area contributed by atoms with Crippen LogP contribution in [0.25, 0.3) is 21.6 Å². The second-order valence-corrected chi connectivity index (χ2v) is 6.80. The van der Waals surface area contributed by atoms with Crippen molar-refractivity contribution in [3.05, 3.63) is 45.2 Å². The number of nitrogens with zero attached hydrogens (tertiary/aromatic N) is 1. The average Bonchev–Trinajstić information content (AvgIpc) is 2.86. The largest absolute Gasteiger partial charge is 0.330 e. The lowest BCUT2D eigenvalue weighted by Gasteiger charge is -2.10. The summed E-state index contributed by atoms with van der Waals surface area (Å²) in [5.41, 5.74) is 2.25. The molecule has 0 fully saturated rings. The van der Waals surface area contributed by atoms with Crippen LogP contribution >= 0.6 is 23.6 Å². The maximum atomic E-state index is 13.0. The quantitative estimate of drug-likeness (QED) is 0.637. The zero-order valence-electron chi connectivity index (χ0n) is 11.3. The van der Waals surface area contributed by atoms with E-state index in [0.717, 1.165) is 33.3 Å². The van der Waals surface area contributed by atoms with Crippen LogP contribution in [0.1, 0.15) is 23.3 Å². The van der Waals surface area contributed by atoms with Gasteiger partial charge >= 0.3 is 0 Å². The standard InChI is InChI=1S/C16H13FN2S2/c17-10-7-5-9(6-8-10)14-18-15(20)13-11-3-1-2-4-12(11)21-16(13)19-14/h5-8H,1-4H2,(H,18,19,20). The maximum Gasteiger partial charge on any atom is 0.140 e. The van der Waals surface area contributed by atoms with Gasteiger partial charge in [-0.3, -0.25) is 0 Å². The fourth-order valence-electron chi connectivity index (χ4n) is 2.91. The number of nitrogens with one attached hydrogen (secondary N) is 1. The molecule has 5 heteroatoms. The first-order chi connectivity index (χ1) is 10.2. The lowest BCUT2D eigenvalue weighted by Crippen LogP contribution is -1.98. The van der Waals surface area contributed by atoms with Crippen LogP contribution in [0.15, 0.2) is 24.3 Å². The minimum absolute atomic E-state index is 0.245. The van der Waals surface area contributed by atoms with Gasteiger partial charge in [0.05, 0.1) is 0 Å². The van der Waals surface area contributed by atoms with Crippen LogP contribution in [0.3, 0.4) is 0 Å². The Balaban J connectivity index is 1.93. The number of hydrogen-bond donors (Lipinski definition) is 1. The Kier molecular flexibility index (Phi) is 3.12. The summed E-state index contributed by atoms with van der Waals surface area (Å²) in [5.74, 6) is 0.469. The van der Waals surface area contributed by atoms with Crippen LogP contribution in [0, 0.1) is 10.5 Å². The molecule has 0 saturated heterocycles. The van der Waals surface area contributed by atoms with Crippen LogP contribution in [0.5, 0.6) is 0 Å². The summed E-state index contributed by atoms with van der Waals surface area (Å²) in [6, 6.07) is 6.33. The Hall–Kier alpha value is -1.59. The van der Waals surface area contributed by atoms with Gasteiger partial charge in [0.1, 0.15) is 21.1 Å². The van der Waals surface area contributed by atoms with Crippen molar-refractivity contribution in [3.63, 3.8) is 0 Å². The van der Waals surface area contributed by atoms with E-state index in [4.69, 9.17) is 17.2 Å². The van der Waals surface area contributed by atoms with Crippen molar-refractivity contribution in [2.24, 2.45) is 0 Å². The van der Waals surface area contributed by atoms with Crippen molar-refractivity contribution in [1.82, 2.24) is 9.97 Å². The molecule has 2 heterocycles. The topological polar surface area (TPSA) is 28.7 Å². The number of aromatic amines is 1. The van der Waals surface area contributed by atoms with Gasteiger partial charge < -0.3 is 4.98 Å². The molecule has 0 spiro atoms. The molecule has 1 aliphatic rings. The van der Waals surface area contributed by atoms with Crippen LogP contribution in [0.2, 0.25) is 0 Å². The number of hydrogen-bond acceptors (Lipinski definition) is 3. The van der Waals surface area contributed by atoms with E-state index in [1.165, 1.54) is 35.4 Å². The number of rotatable bonds is 1. The normalized spacial score (nSPS) is 14.3. The molecule has 2 aromatic heterocycles. The highest BCUT2D eigenvalue weighted by atomic mass is 32.1. The highest BCUT2D eigenvalue weighted by molar-refractivity contribution is 7.71. The first-order valence-corrected chi connectivity index (χ1v) is 8.25. The Morgan fingerprint density at radius 1 is 1.14 bits per heavy atom. The van der Waals surface area contributed by atoms with E-state index in [2.05, 4.69) is 4.98 Å². The summed E-state index contributed by atoms with van der Waals surface area (Å²) in [5, 5.41) is 1.12. The molecular formula is C16H13FN2S2. The Labute approximate surface area is 130 Å². The van der Waals surface area contributed by atoms with E-state index in [0.29, 0.717) is 5.82 Å². The molecule has 0 unspecified atom stereocenters. The van der Waals surface area contributed by atoms with Gasteiger partial charge in [0.25, 0.3) is 0 Å². The molecule has 21 heavy (non-hydrogen) atoms. The molecule has 0 radical (unpaired) electrons. The summed E-state index contributed by atoms with van der Waals surface area (Å²) >= 11 is 7.30. The number of H-pyrrole nitrogens is 1. The minimum Gasteiger partial charge on any atom is -0.330 e. The molecule has 1 N–H and O–H groups in total. The molecule has 3 aromatic rings. The third kappa shape index (κ3) is 2.21. The van der Waals surface area contributed by atoms with Crippen molar-refractivity contribution in [2.45, 2.75) is 25.7 Å². The first kappa shape index (κ1) is 13.1. The number of benzene rings is 1. The van der Waals surface area contributed by atoms with Crippen LogP contribution < -0.4 is 0 Å². The van der Waals surface area contributed by atoms with Crippen molar-refractivity contribution in [2.75, 3.05) is 0 Å². The number of aromatic nitrogens is 2. The summed E-state index contributed by atoms with van der Waals surface area (Å²) in [6.07, 6.45) is 4.72. The smallest absolute Gasteiger partial charge is 0.140 e. The first-order valence-electron chi connectivity index (χ1n) is 7.03. The van der Waals surface area contributed by atoms with E-state index in [1.807, 2.05) is 0 Å². The van der Waals surface area contributed by atoms with Gasteiger partial charge in [-0.2, -0.15) is 0 Å². The third-order valence-electron chi connectivity index (χ3n) is 3.94. The Morgan fingerprint density at radius 2 is 1.90 bits per heavy atom. The molecule has 2 nitrogen and oxygen atoms in total. The van der Waals surface area contributed by atoms with Crippen LogP contribution in [-0.2, 0) is 12.8 Å². The zero-order chi connectivity index (χ0) is 14.4. The molecule has 0 saturated carbocycles. The summed E-state index contributed by atoms with van der Waals surface area (Å²) in [6.45, 7) is 0. The van der Waals surface area contributed by atoms with Gasteiger partial charge in [-0.25, -0.2) is 9.37 Å². The maximum absolute atomic E-state index is 13.0. The molecule has 1 aliphatic carbocycles. The van der Waals surface area contributed by atoms with Gasteiger partial charge in [-0.05, 0) is 55.5 Å². The van der Waals surface area contributed by atoms with Gasteiger partial charge in [0.2, 0.25) is 0 Å². The highest BCUT2D eigenvalue weighted by Crippen LogP contribution is 2.36. The summed E-state index contributed by atoms with van der Waals surface area (Å²) < 4.78 is 13.8.